The van der Waals surface area contributed by atoms with E-state index >= 15 is 0 Å². The second kappa shape index (κ2) is 11.0. The molecule has 2 aliphatic carbocycles. The molecule has 46 heavy (non-hydrogen) atoms. The van der Waals surface area contributed by atoms with Gasteiger partial charge in [0, 0.05) is 5.69 Å². The minimum atomic E-state index is 0.850. The topological polar surface area (TPSA) is 17.8 Å². The first-order valence-electron chi connectivity index (χ1n) is 16.2. The summed E-state index contributed by atoms with van der Waals surface area (Å²) in [6.45, 7) is 0. The van der Waals surface area contributed by atoms with E-state index in [1.165, 1.54) is 59.8 Å². The van der Waals surface area contributed by atoms with Crippen LogP contribution in [-0.4, -0.2) is 9.55 Å². The minimum absolute atomic E-state index is 0.850. The van der Waals surface area contributed by atoms with Gasteiger partial charge in [-0.15, -0.1) is 0 Å². The van der Waals surface area contributed by atoms with Crippen molar-refractivity contribution >= 4 is 50.3 Å². The summed E-state index contributed by atoms with van der Waals surface area (Å²) in [5.74, 6) is 0.996. The highest BCUT2D eigenvalue weighted by atomic mass is 15.1. The van der Waals surface area contributed by atoms with Gasteiger partial charge in [0.05, 0.1) is 11.0 Å². The van der Waals surface area contributed by atoms with Crippen LogP contribution in [0.25, 0.3) is 78.2 Å². The maximum Gasteiger partial charge on any atom is 0.141 e. The minimum Gasteiger partial charge on any atom is -0.293 e. The van der Waals surface area contributed by atoms with Gasteiger partial charge in [-0.3, -0.25) is 4.57 Å². The molecule has 6 aromatic carbocycles. The van der Waals surface area contributed by atoms with Crippen molar-refractivity contribution in [1.29, 1.82) is 0 Å². The number of benzene rings is 6. The van der Waals surface area contributed by atoms with E-state index in [0.29, 0.717) is 0 Å². The number of aromatic nitrogens is 2. The molecule has 0 atom stereocenters. The van der Waals surface area contributed by atoms with Gasteiger partial charge in [-0.2, -0.15) is 0 Å². The molecule has 2 heteroatoms. The van der Waals surface area contributed by atoms with Crippen LogP contribution in [0, 0.1) is 0 Å². The Balaban J connectivity index is 1.24. The molecule has 0 bridgehead atoms. The zero-order chi connectivity index (χ0) is 30.5. The number of rotatable bonds is 4. The first-order valence-corrected chi connectivity index (χ1v) is 16.2. The lowest BCUT2D eigenvalue weighted by atomic mass is 9.86. The number of imidazole rings is 1. The molecular formula is C44H32N2. The average molecular weight is 589 g/mol. The largest absolute Gasteiger partial charge is 0.293 e. The molecule has 0 aliphatic heterocycles. The van der Waals surface area contributed by atoms with Crippen molar-refractivity contribution in [2.24, 2.45) is 0 Å². The lowest BCUT2D eigenvalue weighted by Crippen LogP contribution is -2.31. The van der Waals surface area contributed by atoms with Gasteiger partial charge in [0.15, 0.2) is 0 Å². The Hall–Kier alpha value is -5.73. The average Bonchev–Trinajstić information content (AvgIpc) is 3.29. The number of hydrogen-bond donors (Lipinski definition) is 0. The van der Waals surface area contributed by atoms with Crippen LogP contribution in [-0.2, 0) is 0 Å². The normalized spacial score (nSPS) is 14.1. The van der Waals surface area contributed by atoms with E-state index in [-0.39, 0.29) is 0 Å². The number of hydrogen-bond acceptors (Lipinski definition) is 1. The predicted molar refractivity (Wildman–Crippen MR) is 195 cm³/mol. The number of para-hydroxylation sites is 2. The summed E-state index contributed by atoms with van der Waals surface area (Å²) in [6.07, 6.45) is 18.6. The second-order valence-corrected chi connectivity index (χ2v) is 12.2. The van der Waals surface area contributed by atoms with Crippen molar-refractivity contribution in [2.75, 3.05) is 0 Å². The third kappa shape index (κ3) is 4.37. The number of nitrogens with zero attached hydrogens (tertiary/aromatic N) is 2. The van der Waals surface area contributed by atoms with E-state index in [1.807, 2.05) is 0 Å². The van der Waals surface area contributed by atoms with Crippen LogP contribution < -0.4 is 10.4 Å². The fraction of sp³-hybridized carbons (Fsp3) is 0.0682. The van der Waals surface area contributed by atoms with E-state index < -0.39 is 0 Å². The molecule has 0 N–H and O–H groups in total. The van der Waals surface area contributed by atoms with Gasteiger partial charge in [0.1, 0.15) is 5.82 Å². The number of fused-ring (bicyclic) bond motifs is 4. The first kappa shape index (κ1) is 26.7. The molecule has 2 nitrogen and oxygen atoms in total. The highest BCUT2D eigenvalue weighted by molar-refractivity contribution is 6.07. The Morgan fingerprint density at radius 3 is 2.04 bits per heavy atom. The Kier molecular flexibility index (Phi) is 6.38. The van der Waals surface area contributed by atoms with Gasteiger partial charge in [0.25, 0.3) is 0 Å². The molecule has 7 aromatic rings. The van der Waals surface area contributed by atoms with Crippen LogP contribution in [0.3, 0.4) is 0 Å². The zero-order valence-corrected chi connectivity index (χ0v) is 25.5. The predicted octanol–water partition coefficient (Wildman–Crippen LogP) is 9.92. The second-order valence-electron chi connectivity index (χ2n) is 12.2. The van der Waals surface area contributed by atoms with Gasteiger partial charge >= 0.3 is 0 Å². The van der Waals surface area contributed by atoms with Gasteiger partial charge in [-0.1, -0.05) is 127 Å². The van der Waals surface area contributed by atoms with E-state index in [4.69, 9.17) is 4.98 Å². The summed E-state index contributed by atoms with van der Waals surface area (Å²) in [4.78, 5) is 5.11. The van der Waals surface area contributed by atoms with Crippen LogP contribution in [0.1, 0.15) is 25.1 Å². The van der Waals surface area contributed by atoms with Crippen LogP contribution >= 0.6 is 0 Å². The summed E-state index contributed by atoms with van der Waals surface area (Å²) in [6, 6.07) is 42.1. The lowest BCUT2D eigenvalue weighted by molar-refractivity contribution is 1.04. The van der Waals surface area contributed by atoms with Gasteiger partial charge < -0.3 is 0 Å². The van der Waals surface area contributed by atoms with Crippen molar-refractivity contribution < 1.29 is 0 Å². The summed E-state index contributed by atoms with van der Waals surface area (Å²) < 4.78 is 2.31. The molecule has 1 heterocycles. The third-order valence-corrected chi connectivity index (χ3v) is 9.45. The quantitative estimate of drug-likeness (QED) is 0.200. The molecule has 9 rings (SSSR count). The smallest absolute Gasteiger partial charge is 0.141 e. The molecule has 2 aliphatic rings. The van der Waals surface area contributed by atoms with Crippen molar-refractivity contribution in [3.05, 3.63) is 162 Å². The molecule has 218 valence electrons. The van der Waals surface area contributed by atoms with Crippen molar-refractivity contribution in [3.8, 4) is 27.9 Å². The van der Waals surface area contributed by atoms with E-state index in [0.717, 1.165) is 41.8 Å². The fourth-order valence-corrected chi connectivity index (χ4v) is 7.35. The van der Waals surface area contributed by atoms with E-state index in [1.54, 1.807) is 0 Å². The first-order chi connectivity index (χ1) is 22.8. The van der Waals surface area contributed by atoms with Crippen molar-refractivity contribution in [1.82, 2.24) is 9.55 Å². The molecule has 0 radical (unpaired) electrons. The molecule has 0 fully saturated rings. The maximum absolute atomic E-state index is 5.11. The Bertz CT molecular complexity index is 2540. The highest BCUT2D eigenvalue weighted by Gasteiger charge is 2.18. The van der Waals surface area contributed by atoms with Gasteiger partial charge in [-0.05, 0) is 109 Å². The van der Waals surface area contributed by atoms with Crippen molar-refractivity contribution in [2.45, 2.75) is 19.3 Å². The summed E-state index contributed by atoms with van der Waals surface area (Å²) in [5.41, 5.74) is 9.61. The van der Waals surface area contributed by atoms with Crippen LogP contribution in [0.2, 0.25) is 0 Å². The standard InChI is InChI=1S/C44H32N2/c1-2-4-15-32(14-3-1)44-45-40-21-11-12-22-41(40)46(44)35-27-25-31(26-28-35)42-36-17-7-9-19-38(36)43(39-20-10-8-18-37(39)42)34-24-23-30-13-5-6-16-33(30)29-34/h1-7,9,11-14,16-29H,8,10,15H2. The molecule has 0 unspecified atom stereocenters. The third-order valence-electron chi connectivity index (χ3n) is 9.45. The lowest BCUT2D eigenvalue weighted by Gasteiger charge is -2.18. The van der Waals surface area contributed by atoms with E-state index in [2.05, 4.69) is 162 Å². The SMILES string of the molecule is C1=CC=C(c2nc3ccccc3n2-c2ccc(-c3c4c(c(-c5ccc6ccccc6c5)c5ccccc35)=CCCC=4)cc2)CC=C1. The Morgan fingerprint density at radius 1 is 0.565 bits per heavy atom. The molecule has 0 saturated heterocycles. The molecule has 0 amide bonds. The van der Waals surface area contributed by atoms with Gasteiger partial charge in [-0.25, -0.2) is 4.98 Å². The van der Waals surface area contributed by atoms with Gasteiger partial charge in [0.2, 0.25) is 0 Å². The monoisotopic (exact) mass is 588 g/mol. The zero-order valence-electron chi connectivity index (χ0n) is 25.5. The molecular weight excluding hydrogens is 556 g/mol. The molecule has 1 aromatic heterocycles. The summed E-state index contributed by atoms with van der Waals surface area (Å²) >= 11 is 0. The van der Waals surface area contributed by atoms with Crippen LogP contribution in [0.5, 0.6) is 0 Å². The Labute approximate surface area is 268 Å². The van der Waals surface area contributed by atoms with Crippen molar-refractivity contribution in [3.63, 3.8) is 0 Å². The summed E-state index contributed by atoms with van der Waals surface area (Å²) in [7, 11) is 0. The number of allylic oxidation sites excluding steroid dienone is 6. The maximum atomic E-state index is 5.11. The highest BCUT2D eigenvalue weighted by Crippen LogP contribution is 2.35. The molecule has 0 spiro atoms. The van der Waals surface area contributed by atoms with E-state index in [9.17, 15) is 0 Å². The Morgan fingerprint density at radius 2 is 1.24 bits per heavy atom. The van der Waals surface area contributed by atoms with Crippen LogP contribution in [0.4, 0.5) is 0 Å². The van der Waals surface area contributed by atoms with Crippen LogP contribution in [0.15, 0.2) is 146 Å². The molecule has 0 saturated carbocycles. The summed E-state index contributed by atoms with van der Waals surface area (Å²) in [5, 5.41) is 7.83. The fourth-order valence-electron chi connectivity index (χ4n) is 7.35.